The van der Waals surface area contributed by atoms with Crippen molar-refractivity contribution >= 4 is 34.6 Å². The van der Waals surface area contributed by atoms with Crippen molar-refractivity contribution in [3.63, 3.8) is 0 Å². The number of nitrogens with two attached hydrogens (primary N) is 1. The maximum atomic E-state index is 13.0. The first-order chi connectivity index (χ1) is 10.0. The third-order valence-electron chi connectivity index (χ3n) is 2.85. The monoisotopic (exact) mass is 307 g/mol. The summed E-state index contributed by atoms with van der Waals surface area (Å²) in [4.78, 5) is 11.8. The lowest BCUT2D eigenvalue weighted by Crippen LogP contribution is -2.22. The number of halogens is 2. The molecule has 0 aliphatic heterocycles. The molecule has 4 nitrogen and oxygen atoms in total. The van der Waals surface area contributed by atoms with Crippen LogP contribution in [-0.4, -0.2) is 12.5 Å². The predicted molar refractivity (Wildman–Crippen MR) is 83.6 cm³/mol. The summed E-state index contributed by atoms with van der Waals surface area (Å²) in [6.45, 7) is 2.38. The van der Waals surface area contributed by atoms with Crippen LogP contribution in [0, 0.1) is 5.82 Å². The van der Waals surface area contributed by atoms with Crippen LogP contribution in [0.4, 0.5) is 21.5 Å². The summed E-state index contributed by atoms with van der Waals surface area (Å²) in [5.74, 6) is -0.611. The standard InChI is InChI=1S/C15H15ClFN3O/c1-2-19-15(21)9-3-5-12(18)14(7-9)20-13-6-4-10(17)8-11(13)16/h3-8,20H,2,18H2,1H3,(H,19,21). The summed E-state index contributed by atoms with van der Waals surface area (Å²) in [6, 6.07) is 8.89. The molecule has 0 spiro atoms. The van der Waals surface area contributed by atoms with E-state index in [0.29, 0.717) is 29.2 Å². The first-order valence-electron chi connectivity index (χ1n) is 6.41. The second-order valence-electron chi connectivity index (χ2n) is 4.41. The van der Waals surface area contributed by atoms with Crippen LogP contribution in [0.15, 0.2) is 36.4 Å². The number of carbonyl (C=O) groups is 1. The zero-order valence-corrected chi connectivity index (χ0v) is 12.2. The molecule has 0 fully saturated rings. The van der Waals surface area contributed by atoms with Crippen molar-refractivity contribution in [3.05, 3.63) is 52.8 Å². The highest BCUT2D eigenvalue weighted by molar-refractivity contribution is 6.33. The van der Waals surface area contributed by atoms with Gasteiger partial charge in [0.15, 0.2) is 0 Å². The lowest BCUT2D eigenvalue weighted by molar-refractivity contribution is 0.0956. The van der Waals surface area contributed by atoms with E-state index in [1.807, 2.05) is 6.92 Å². The maximum Gasteiger partial charge on any atom is 0.251 e. The fourth-order valence-corrected chi connectivity index (χ4v) is 2.02. The van der Waals surface area contributed by atoms with Crippen LogP contribution in [0.3, 0.4) is 0 Å². The van der Waals surface area contributed by atoms with Crippen LogP contribution in [-0.2, 0) is 0 Å². The molecule has 2 rings (SSSR count). The number of rotatable bonds is 4. The van der Waals surface area contributed by atoms with Gasteiger partial charge in [-0.15, -0.1) is 0 Å². The Morgan fingerprint density at radius 2 is 2.00 bits per heavy atom. The van der Waals surface area contributed by atoms with Gasteiger partial charge in [0.1, 0.15) is 5.82 Å². The molecule has 0 saturated carbocycles. The molecule has 0 unspecified atom stereocenters. The first-order valence-corrected chi connectivity index (χ1v) is 6.79. The van der Waals surface area contributed by atoms with Crippen LogP contribution >= 0.6 is 11.6 Å². The van der Waals surface area contributed by atoms with Crippen LogP contribution in [0.5, 0.6) is 0 Å². The van der Waals surface area contributed by atoms with Crippen molar-refractivity contribution < 1.29 is 9.18 Å². The molecule has 0 aliphatic rings. The molecule has 0 aromatic heterocycles. The molecule has 0 bridgehead atoms. The molecule has 0 atom stereocenters. The quantitative estimate of drug-likeness (QED) is 0.757. The summed E-state index contributed by atoms with van der Waals surface area (Å²) in [7, 11) is 0. The van der Waals surface area contributed by atoms with E-state index in [1.165, 1.54) is 18.2 Å². The average molecular weight is 308 g/mol. The number of hydrogen-bond donors (Lipinski definition) is 3. The molecule has 110 valence electrons. The molecule has 0 aliphatic carbocycles. The van der Waals surface area contributed by atoms with E-state index < -0.39 is 5.82 Å². The Balaban J connectivity index is 2.30. The molecule has 1 amide bonds. The molecule has 4 N–H and O–H groups in total. The normalized spacial score (nSPS) is 10.2. The number of anilines is 3. The Hall–Kier alpha value is -2.27. The Morgan fingerprint density at radius 1 is 1.24 bits per heavy atom. The van der Waals surface area contributed by atoms with Crippen molar-refractivity contribution in [2.24, 2.45) is 0 Å². The fraction of sp³-hybridized carbons (Fsp3) is 0.133. The molecule has 0 heterocycles. The first kappa shape index (κ1) is 15.1. The van der Waals surface area contributed by atoms with Gasteiger partial charge in [-0.2, -0.15) is 0 Å². The van der Waals surface area contributed by atoms with Crippen LogP contribution in [0.25, 0.3) is 0 Å². The van der Waals surface area contributed by atoms with Gasteiger partial charge in [0, 0.05) is 12.1 Å². The second kappa shape index (κ2) is 6.45. The minimum atomic E-state index is -0.422. The Bertz CT molecular complexity index is 676. The van der Waals surface area contributed by atoms with Gasteiger partial charge in [0.05, 0.1) is 22.1 Å². The Morgan fingerprint density at radius 3 is 2.67 bits per heavy atom. The third kappa shape index (κ3) is 3.64. The molecule has 2 aromatic rings. The van der Waals surface area contributed by atoms with E-state index in [2.05, 4.69) is 10.6 Å². The zero-order chi connectivity index (χ0) is 15.4. The Kier molecular flexibility index (Phi) is 4.65. The minimum absolute atomic E-state index is 0.189. The van der Waals surface area contributed by atoms with E-state index in [9.17, 15) is 9.18 Å². The van der Waals surface area contributed by atoms with Crippen molar-refractivity contribution in [2.45, 2.75) is 6.92 Å². The van der Waals surface area contributed by atoms with Crippen LogP contribution in [0.2, 0.25) is 5.02 Å². The third-order valence-corrected chi connectivity index (χ3v) is 3.17. The summed E-state index contributed by atoms with van der Waals surface area (Å²) < 4.78 is 13.0. The highest BCUT2D eigenvalue weighted by atomic mass is 35.5. The number of nitrogens with one attached hydrogen (secondary N) is 2. The van der Waals surface area contributed by atoms with Crippen molar-refractivity contribution in [1.29, 1.82) is 0 Å². The smallest absolute Gasteiger partial charge is 0.251 e. The van der Waals surface area contributed by atoms with Gasteiger partial charge in [0.2, 0.25) is 0 Å². The summed E-state index contributed by atoms with van der Waals surface area (Å²) in [5, 5.41) is 5.94. The van der Waals surface area contributed by atoms with Crippen molar-refractivity contribution in [3.8, 4) is 0 Å². The lowest BCUT2D eigenvalue weighted by atomic mass is 10.1. The topological polar surface area (TPSA) is 67.2 Å². The van der Waals surface area contributed by atoms with Gasteiger partial charge in [0.25, 0.3) is 5.91 Å². The highest BCUT2D eigenvalue weighted by Crippen LogP contribution is 2.29. The second-order valence-corrected chi connectivity index (χ2v) is 4.82. The van der Waals surface area contributed by atoms with E-state index in [0.717, 1.165) is 0 Å². The maximum absolute atomic E-state index is 13.0. The van der Waals surface area contributed by atoms with E-state index in [-0.39, 0.29) is 10.9 Å². The lowest BCUT2D eigenvalue weighted by Gasteiger charge is -2.12. The zero-order valence-electron chi connectivity index (χ0n) is 11.4. The average Bonchev–Trinajstić information content (AvgIpc) is 2.44. The van der Waals surface area contributed by atoms with Crippen molar-refractivity contribution in [2.75, 3.05) is 17.6 Å². The highest BCUT2D eigenvalue weighted by Gasteiger charge is 2.09. The summed E-state index contributed by atoms with van der Waals surface area (Å²) >= 11 is 5.96. The molecular formula is C15H15ClFN3O. The van der Waals surface area contributed by atoms with E-state index >= 15 is 0 Å². The molecule has 0 radical (unpaired) electrons. The number of carbonyl (C=O) groups excluding carboxylic acids is 1. The Labute approximate surface area is 127 Å². The van der Waals surface area contributed by atoms with Gasteiger partial charge < -0.3 is 16.4 Å². The summed E-state index contributed by atoms with van der Waals surface area (Å²) in [6.07, 6.45) is 0. The minimum Gasteiger partial charge on any atom is -0.397 e. The van der Waals surface area contributed by atoms with Gasteiger partial charge >= 0.3 is 0 Å². The van der Waals surface area contributed by atoms with E-state index in [4.69, 9.17) is 17.3 Å². The van der Waals surface area contributed by atoms with Gasteiger partial charge in [-0.3, -0.25) is 4.79 Å². The van der Waals surface area contributed by atoms with Crippen LogP contribution in [0.1, 0.15) is 17.3 Å². The number of amides is 1. The number of benzene rings is 2. The van der Waals surface area contributed by atoms with Crippen LogP contribution < -0.4 is 16.4 Å². The van der Waals surface area contributed by atoms with E-state index in [1.54, 1.807) is 18.2 Å². The molecule has 6 heteroatoms. The number of nitrogen functional groups attached to an aromatic ring is 1. The van der Waals surface area contributed by atoms with Gasteiger partial charge in [-0.1, -0.05) is 11.6 Å². The van der Waals surface area contributed by atoms with Gasteiger partial charge in [-0.05, 0) is 43.3 Å². The molecule has 0 saturated heterocycles. The number of hydrogen-bond acceptors (Lipinski definition) is 3. The summed E-state index contributed by atoms with van der Waals surface area (Å²) in [5.41, 5.74) is 7.87. The largest absolute Gasteiger partial charge is 0.397 e. The SMILES string of the molecule is CCNC(=O)c1ccc(N)c(Nc2ccc(F)cc2Cl)c1. The molecule has 2 aromatic carbocycles. The fourth-order valence-electron chi connectivity index (χ4n) is 1.80. The predicted octanol–water partition coefficient (Wildman–Crippen LogP) is 3.55. The van der Waals surface area contributed by atoms with Crippen molar-refractivity contribution in [1.82, 2.24) is 5.32 Å². The molecular weight excluding hydrogens is 293 g/mol. The van der Waals surface area contributed by atoms with Gasteiger partial charge in [-0.25, -0.2) is 4.39 Å². The molecule has 21 heavy (non-hydrogen) atoms.